The van der Waals surface area contributed by atoms with E-state index >= 15 is 0 Å². The predicted octanol–water partition coefficient (Wildman–Crippen LogP) is 2.80. The van der Waals surface area contributed by atoms with E-state index in [2.05, 4.69) is 20.2 Å². The third-order valence-electron chi connectivity index (χ3n) is 6.13. The number of pyridine rings is 3. The lowest BCUT2D eigenvalue weighted by molar-refractivity contribution is -0.113. The van der Waals surface area contributed by atoms with E-state index in [-0.39, 0.29) is 23.1 Å². The minimum Gasteiger partial charge on any atom is -0.488 e. The number of halogens is 1. The zero-order valence-corrected chi connectivity index (χ0v) is 19.0. The Morgan fingerprint density at radius 3 is 2.85 bits per heavy atom. The van der Waals surface area contributed by atoms with Crippen LogP contribution in [0.15, 0.2) is 40.2 Å². The number of carbonyl (C=O) groups is 1. The van der Waals surface area contributed by atoms with E-state index in [0.717, 1.165) is 42.7 Å². The molecule has 1 fully saturated rings. The number of likely N-dealkylation sites (tertiary alicyclic amines) is 1. The number of ether oxygens (including phenoxy) is 1. The van der Waals surface area contributed by atoms with Crippen molar-refractivity contribution in [3.05, 3.63) is 52.3 Å². The SMILES string of the molecule is Cn1c(=O)ccc2ncc(F)c(OCC3CCN(Cc4ccc5c(n4)NC(=O)CS5)CC3)c21. The van der Waals surface area contributed by atoms with Crippen LogP contribution in [0.5, 0.6) is 5.75 Å². The first-order valence-electron chi connectivity index (χ1n) is 10.9. The smallest absolute Gasteiger partial charge is 0.250 e. The molecular formula is C23H24FN5O3S. The third-order valence-corrected chi connectivity index (χ3v) is 7.18. The van der Waals surface area contributed by atoms with Crippen molar-refractivity contribution in [2.24, 2.45) is 13.0 Å². The number of anilines is 1. The van der Waals surface area contributed by atoms with E-state index in [1.165, 1.54) is 22.4 Å². The van der Waals surface area contributed by atoms with Crippen molar-refractivity contribution in [1.29, 1.82) is 0 Å². The molecule has 0 aliphatic carbocycles. The van der Waals surface area contributed by atoms with Crippen molar-refractivity contribution in [3.8, 4) is 5.75 Å². The molecule has 0 radical (unpaired) electrons. The Kier molecular flexibility index (Phi) is 6.03. The summed E-state index contributed by atoms with van der Waals surface area (Å²) in [5.41, 5.74) is 1.60. The number of nitrogens with zero attached hydrogens (tertiary/aromatic N) is 4. The van der Waals surface area contributed by atoms with Crippen molar-refractivity contribution in [3.63, 3.8) is 0 Å². The monoisotopic (exact) mass is 469 g/mol. The molecule has 0 aromatic carbocycles. The average Bonchev–Trinajstić information content (AvgIpc) is 2.81. The fourth-order valence-electron chi connectivity index (χ4n) is 4.26. The number of aryl methyl sites for hydroxylation is 1. The van der Waals surface area contributed by atoms with Crippen molar-refractivity contribution in [2.45, 2.75) is 24.3 Å². The number of nitrogens with one attached hydrogen (secondary N) is 1. The first kappa shape index (κ1) is 21.8. The van der Waals surface area contributed by atoms with Gasteiger partial charge in [-0.25, -0.2) is 9.37 Å². The number of hydrogen-bond acceptors (Lipinski definition) is 7. The lowest BCUT2D eigenvalue weighted by atomic mass is 9.97. The van der Waals surface area contributed by atoms with Crippen LogP contribution >= 0.6 is 11.8 Å². The van der Waals surface area contributed by atoms with Gasteiger partial charge in [-0.05, 0) is 50.0 Å². The van der Waals surface area contributed by atoms with E-state index in [4.69, 9.17) is 4.74 Å². The summed E-state index contributed by atoms with van der Waals surface area (Å²) >= 11 is 1.51. The first-order chi connectivity index (χ1) is 16.0. The van der Waals surface area contributed by atoms with E-state index in [0.29, 0.717) is 35.8 Å². The number of rotatable bonds is 5. The van der Waals surface area contributed by atoms with Gasteiger partial charge in [-0.2, -0.15) is 0 Å². The topological polar surface area (TPSA) is 89.3 Å². The second-order valence-corrected chi connectivity index (χ2v) is 9.43. The fourth-order valence-corrected chi connectivity index (χ4v) is 5.02. The van der Waals surface area contributed by atoms with Gasteiger partial charge < -0.3 is 14.6 Å². The van der Waals surface area contributed by atoms with Crippen LogP contribution in [-0.2, 0) is 18.4 Å². The Morgan fingerprint density at radius 2 is 2.03 bits per heavy atom. The number of aromatic nitrogens is 3. The number of thioether (sulfide) groups is 1. The number of piperidine rings is 1. The largest absolute Gasteiger partial charge is 0.488 e. The summed E-state index contributed by atoms with van der Waals surface area (Å²) < 4.78 is 21.8. The zero-order valence-electron chi connectivity index (χ0n) is 18.2. The van der Waals surface area contributed by atoms with Gasteiger partial charge in [0.05, 0.1) is 34.7 Å². The highest BCUT2D eigenvalue weighted by atomic mass is 32.2. The van der Waals surface area contributed by atoms with Crippen LogP contribution in [0.2, 0.25) is 0 Å². The Hall–Kier alpha value is -2.98. The lowest BCUT2D eigenvalue weighted by Gasteiger charge is -2.31. The average molecular weight is 470 g/mol. The molecule has 1 amide bonds. The Morgan fingerprint density at radius 1 is 1.21 bits per heavy atom. The second kappa shape index (κ2) is 9.11. The number of carbonyl (C=O) groups excluding carboxylic acids is 1. The van der Waals surface area contributed by atoms with Crippen LogP contribution < -0.4 is 15.6 Å². The highest BCUT2D eigenvalue weighted by molar-refractivity contribution is 8.00. The summed E-state index contributed by atoms with van der Waals surface area (Å²) in [6.45, 7) is 2.86. The van der Waals surface area contributed by atoms with Crippen molar-refractivity contribution < 1.29 is 13.9 Å². The van der Waals surface area contributed by atoms with Gasteiger partial charge in [-0.15, -0.1) is 11.8 Å². The van der Waals surface area contributed by atoms with Crippen LogP contribution in [0.1, 0.15) is 18.5 Å². The number of hydrogen-bond donors (Lipinski definition) is 1. The molecule has 2 aliphatic heterocycles. The quantitative estimate of drug-likeness (QED) is 0.615. The highest BCUT2D eigenvalue weighted by Gasteiger charge is 2.23. The van der Waals surface area contributed by atoms with E-state index in [1.807, 2.05) is 12.1 Å². The molecule has 0 saturated carbocycles. The maximum Gasteiger partial charge on any atom is 0.250 e. The molecule has 0 bridgehead atoms. The number of amides is 1. The van der Waals surface area contributed by atoms with Crippen molar-refractivity contribution in [2.75, 3.05) is 30.8 Å². The van der Waals surface area contributed by atoms with Gasteiger partial charge in [0.2, 0.25) is 5.91 Å². The van der Waals surface area contributed by atoms with Gasteiger partial charge in [-0.3, -0.25) is 19.5 Å². The van der Waals surface area contributed by atoms with E-state index < -0.39 is 5.82 Å². The van der Waals surface area contributed by atoms with E-state index in [1.54, 1.807) is 13.1 Å². The molecule has 172 valence electrons. The molecule has 0 atom stereocenters. The molecule has 0 unspecified atom stereocenters. The van der Waals surface area contributed by atoms with Gasteiger partial charge in [0, 0.05) is 19.7 Å². The first-order valence-corrected chi connectivity index (χ1v) is 11.9. The summed E-state index contributed by atoms with van der Waals surface area (Å²) in [6, 6.07) is 7.03. The minimum absolute atomic E-state index is 0.0172. The second-order valence-electron chi connectivity index (χ2n) is 8.42. The molecule has 1 N–H and O–H groups in total. The standard InChI is InChI=1S/C23H24FN5O3S/c1-28-20(31)5-3-17-21(28)22(16(24)10-25-17)32-12-14-6-8-29(9-7-14)11-15-2-4-18-23(26-15)27-19(30)13-33-18/h2-5,10,14H,6-9,11-13H2,1H3,(H,26,27,30). The molecular weight excluding hydrogens is 445 g/mol. The van der Waals surface area contributed by atoms with Gasteiger partial charge in [0.25, 0.3) is 5.56 Å². The summed E-state index contributed by atoms with van der Waals surface area (Å²) in [7, 11) is 1.59. The van der Waals surface area contributed by atoms with Crippen LogP contribution in [0, 0.1) is 11.7 Å². The van der Waals surface area contributed by atoms with Gasteiger partial charge >= 0.3 is 0 Å². The Balaban J connectivity index is 1.20. The molecule has 2 aliphatic rings. The molecule has 5 rings (SSSR count). The van der Waals surface area contributed by atoms with Crippen molar-refractivity contribution >= 4 is 34.5 Å². The minimum atomic E-state index is -0.565. The Bertz CT molecular complexity index is 1270. The van der Waals surface area contributed by atoms with Crippen LogP contribution in [-0.4, -0.2) is 50.8 Å². The molecule has 3 aromatic rings. The summed E-state index contributed by atoms with van der Waals surface area (Å²) in [5.74, 6) is 0.871. The summed E-state index contributed by atoms with van der Waals surface area (Å²) in [4.78, 5) is 35.6. The molecule has 3 aromatic heterocycles. The molecule has 8 nitrogen and oxygen atoms in total. The molecule has 5 heterocycles. The maximum absolute atomic E-state index is 14.5. The summed E-state index contributed by atoms with van der Waals surface area (Å²) in [6.07, 6.45) is 2.97. The molecule has 33 heavy (non-hydrogen) atoms. The van der Waals surface area contributed by atoms with Crippen molar-refractivity contribution in [1.82, 2.24) is 19.4 Å². The zero-order chi connectivity index (χ0) is 22.9. The Labute approximate surface area is 194 Å². The lowest BCUT2D eigenvalue weighted by Crippen LogP contribution is -2.35. The van der Waals surface area contributed by atoms with Gasteiger partial charge in [-0.1, -0.05) is 0 Å². The van der Waals surface area contributed by atoms with E-state index in [9.17, 15) is 14.0 Å². The molecule has 10 heteroatoms. The normalized spacial score (nSPS) is 17.1. The highest BCUT2D eigenvalue weighted by Crippen LogP contribution is 2.31. The molecule has 0 spiro atoms. The van der Waals surface area contributed by atoms with Gasteiger partial charge in [0.1, 0.15) is 11.3 Å². The third kappa shape index (κ3) is 4.58. The van der Waals surface area contributed by atoms with Gasteiger partial charge in [0.15, 0.2) is 11.6 Å². The summed E-state index contributed by atoms with van der Waals surface area (Å²) in [5, 5.41) is 2.84. The molecule has 1 saturated heterocycles. The van der Waals surface area contributed by atoms with Crippen LogP contribution in [0.4, 0.5) is 10.2 Å². The fraction of sp³-hybridized carbons (Fsp3) is 0.391. The number of fused-ring (bicyclic) bond motifs is 2. The van der Waals surface area contributed by atoms with Crippen LogP contribution in [0.3, 0.4) is 0 Å². The maximum atomic E-state index is 14.5. The predicted molar refractivity (Wildman–Crippen MR) is 124 cm³/mol. The van der Waals surface area contributed by atoms with Crippen LogP contribution in [0.25, 0.3) is 11.0 Å².